The quantitative estimate of drug-likeness (QED) is 0.671. The second-order valence-corrected chi connectivity index (χ2v) is 3.95. The molecule has 0 aliphatic rings. The van der Waals surface area contributed by atoms with E-state index in [-0.39, 0.29) is 0 Å². The van der Waals surface area contributed by atoms with E-state index in [1.807, 2.05) is 6.07 Å². The van der Waals surface area contributed by atoms with E-state index < -0.39 is 0 Å². The normalized spacial score (nSPS) is 12.7. The standard InChI is InChI=1S/C13H21NO/c1-12(11-14-9-5-6-10-15)13-7-3-2-4-8-13/h2-4,7-8,12,14-15H,5-6,9-11H2,1H3. The van der Waals surface area contributed by atoms with Crippen molar-refractivity contribution in [3.8, 4) is 0 Å². The highest BCUT2D eigenvalue weighted by Crippen LogP contribution is 2.12. The van der Waals surface area contributed by atoms with E-state index in [2.05, 4.69) is 36.5 Å². The summed E-state index contributed by atoms with van der Waals surface area (Å²) >= 11 is 0. The highest BCUT2D eigenvalue weighted by Gasteiger charge is 2.02. The number of rotatable bonds is 7. The van der Waals surface area contributed by atoms with Gasteiger partial charge in [-0.25, -0.2) is 0 Å². The molecule has 0 fully saturated rings. The van der Waals surface area contributed by atoms with Crippen LogP contribution in [0.15, 0.2) is 30.3 Å². The molecule has 0 amide bonds. The summed E-state index contributed by atoms with van der Waals surface area (Å²) in [6.45, 7) is 4.54. The van der Waals surface area contributed by atoms with Gasteiger partial charge in [0, 0.05) is 13.2 Å². The van der Waals surface area contributed by atoms with Crippen LogP contribution in [0.5, 0.6) is 0 Å². The summed E-state index contributed by atoms with van der Waals surface area (Å²) in [7, 11) is 0. The van der Waals surface area contributed by atoms with E-state index in [0.717, 1.165) is 25.9 Å². The lowest BCUT2D eigenvalue weighted by Gasteiger charge is -2.12. The van der Waals surface area contributed by atoms with Crippen molar-refractivity contribution < 1.29 is 5.11 Å². The number of aliphatic hydroxyl groups excluding tert-OH is 1. The molecule has 0 aliphatic heterocycles. The zero-order valence-electron chi connectivity index (χ0n) is 9.45. The Morgan fingerprint density at radius 2 is 1.93 bits per heavy atom. The van der Waals surface area contributed by atoms with Crippen LogP contribution in [0.25, 0.3) is 0 Å². The fourth-order valence-electron chi connectivity index (χ4n) is 1.58. The fourth-order valence-corrected chi connectivity index (χ4v) is 1.58. The minimum Gasteiger partial charge on any atom is -0.396 e. The van der Waals surface area contributed by atoms with E-state index in [1.54, 1.807) is 0 Å². The van der Waals surface area contributed by atoms with Crippen molar-refractivity contribution in [2.24, 2.45) is 0 Å². The highest BCUT2D eigenvalue weighted by molar-refractivity contribution is 5.18. The van der Waals surface area contributed by atoms with Gasteiger partial charge in [0.25, 0.3) is 0 Å². The smallest absolute Gasteiger partial charge is 0.0431 e. The molecule has 0 heterocycles. The maximum atomic E-state index is 8.62. The zero-order valence-corrected chi connectivity index (χ0v) is 9.45. The van der Waals surface area contributed by atoms with Gasteiger partial charge in [-0.1, -0.05) is 37.3 Å². The van der Waals surface area contributed by atoms with Crippen LogP contribution in [0.2, 0.25) is 0 Å². The second-order valence-electron chi connectivity index (χ2n) is 3.95. The Kier molecular flexibility index (Phi) is 6.05. The minimum atomic E-state index is 0.302. The van der Waals surface area contributed by atoms with Gasteiger partial charge in [-0.05, 0) is 30.9 Å². The van der Waals surface area contributed by atoms with E-state index >= 15 is 0 Å². The first-order valence-electron chi connectivity index (χ1n) is 5.71. The minimum absolute atomic E-state index is 0.302. The average Bonchev–Trinajstić information content (AvgIpc) is 2.30. The Bertz CT molecular complexity index is 248. The average molecular weight is 207 g/mol. The maximum absolute atomic E-state index is 8.62. The first-order valence-corrected chi connectivity index (χ1v) is 5.71. The van der Waals surface area contributed by atoms with Gasteiger partial charge in [0.15, 0.2) is 0 Å². The van der Waals surface area contributed by atoms with Crippen molar-refractivity contribution >= 4 is 0 Å². The highest BCUT2D eigenvalue weighted by atomic mass is 16.2. The lowest BCUT2D eigenvalue weighted by Crippen LogP contribution is -2.21. The van der Waals surface area contributed by atoms with Crippen LogP contribution in [-0.2, 0) is 0 Å². The van der Waals surface area contributed by atoms with Gasteiger partial charge >= 0.3 is 0 Å². The van der Waals surface area contributed by atoms with Crippen LogP contribution in [0, 0.1) is 0 Å². The predicted molar refractivity (Wildman–Crippen MR) is 64.0 cm³/mol. The predicted octanol–water partition coefficient (Wildman–Crippen LogP) is 2.15. The van der Waals surface area contributed by atoms with Crippen LogP contribution in [0.4, 0.5) is 0 Å². The molecule has 0 aromatic heterocycles. The Balaban J connectivity index is 2.16. The number of aliphatic hydroxyl groups is 1. The van der Waals surface area contributed by atoms with E-state index in [0.29, 0.717) is 12.5 Å². The molecular formula is C13H21NO. The van der Waals surface area contributed by atoms with E-state index in [1.165, 1.54) is 5.56 Å². The number of benzene rings is 1. The van der Waals surface area contributed by atoms with Crippen LogP contribution in [-0.4, -0.2) is 24.8 Å². The monoisotopic (exact) mass is 207 g/mol. The van der Waals surface area contributed by atoms with Gasteiger partial charge in [0.2, 0.25) is 0 Å². The van der Waals surface area contributed by atoms with Crippen molar-refractivity contribution in [2.45, 2.75) is 25.7 Å². The Labute approximate surface area is 92.3 Å². The van der Waals surface area contributed by atoms with Crippen molar-refractivity contribution in [2.75, 3.05) is 19.7 Å². The maximum Gasteiger partial charge on any atom is 0.0431 e. The number of hydrogen-bond acceptors (Lipinski definition) is 2. The summed E-state index contributed by atoms with van der Waals surface area (Å²) in [5.74, 6) is 0.556. The van der Waals surface area contributed by atoms with Crippen LogP contribution < -0.4 is 5.32 Å². The topological polar surface area (TPSA) is 32.3 Å². The molecule has 84 valence electrons. The van der Waals surface area contributed by atoms with Gasteiger partial charge in [-0.3, -0.25) is 0 Å². The van der Waals surface area contributed by atoms with Gasteiger partial charge in [0.1, 0.15) is 0 Å². The third kappa shape index (κ3) is 4.96. The molecule has 1 aromatic carbocycles. The molecule has 0 bridgehead atoms. The van der Waals surface area contributed by atoms with E-state index in [4.69, 9.17) is 5.11 Å². The molecule has 15 heavy (non-hydrogen) atoms. The molecule has 0 saturated carbocycles. The van der Waals surface area contributed by atoms with E-state index in [9.17, 15) is 0 Å². The third-order valence-corrected chi connectivity index (χ3v) is 2.58. The van der Waals surface area contributed by atoms with Crippen molar-refractivity contribution in [3.63, 3.8) is 0 Å². The zero-order chi connectivity index (χ0) is 10.9. The molecule has 1 unspecified atom stereocenters. The summed E-state index contributed by atoms with van der Waals surface area (Å²) in [6.07, 6.45) is 1.95. The summed E-state index contributed by atoms with van der Waals surface area (Å²) in [5.41, 5.74) is 1.38. The molecule has 2 N–H and O–H groups in total. The summed E-state index contributed by atoms with van der Waals surface area (Å²) in [5, 5.41) is 12.0. The number of hydrogen-bond donors (Lipinski definition) is 2. The van der Waals surface area contributed by atoms with Gasteiger partial charge in [-0.15, -0.1) is 0 Å². The van der Waals surface area contributed by atoms with Crippen LogP contribution in [0.3, 0.4) is 0 Å². The molecule has 0 radical (unpaired) electrons. The van der Waals surface area contributed by atoms with Gasteiger partial charge < -0.3 is 10.4 Å². The Hall–Kier alpha value is -0.860. The van der Waals surface area contributed by atoms with Crippen LogP contribution >= 0.6 is 0 Å². The van der Waals surface area contributed by atoms with Gasteiger partial charge in [0.05, 0.1) is 0 Å². The van der Waals surface area contributed by atoms with Crippen molar-refractivity contribution in [1.82, 2.24) is 5.32 Å². The Morgan fingerprint density at radius 3 is 2.60 bits per heavy atom. The summed E-state index contributed by atoms with van der Waals surface area (Å²) in [4.78, 5) is 0. The molecule has 2 nitrogen and oxygen atoms in total. The molecule has 1 rings (SSSR count). The van der Waals surface area contributed by atoms with Crippen molar-refractivity contribution in [1.29, 1.82) is 0 Å². The lowest BCUT2D eigenvalue weighted by molar-refractivity contribution is 0.283. The fraction of sp³-hybridized carbons (Fsp3) is 0.538. The first-order chi connectivity index (χ1) is 7.34. The molecule has 2 heteroatoms. The third-order valence-electron chi connectivity index (χ3n) is 2.58. The van der Waals surface area contributed by atoms with Gasteiger partial charge in [-0.2, -0.15) is 0 Å². The largest absolute Gasteiger partial charge is 0.396 e. The molecular weight excluding hydrogens is 186 g/mol. The van der Waals surface area contributed by atoms with Crippen LogP contribution in [0.1, 0.15) is 31.2 Å². The Morgan fingerprint density at radius 1 is 1.20 bits per heavy atom. The molecule has 1 aromatic rings. The molecule has 1 atom stereocenters. The summed E-state index contributed by atoms with van der Waals surface area (Å²) in [6, 6.07) is 10.5. The summed E-state index contributed by atoms with van der Waals surface area (Å²) < 4.78 is 0. The lowest BCUT2D eigenvalue weighted by atomic mass is 10.0. The number of nitrogens with one attached hydrogen (secondary N) is 1. The second kappa shape index (κ2) is 7.43. The number of unbranched alkanes of at least 4 members (excludes halogenated alkanes) is 1. The molecule has 0 saturated heterocycles. The molecule has 0 spiro atoms. The molecule has 0 aliphatic carbocycles. The first kappa shape index (κ1) is 12.2. The SMILES string of the molecule is CC(CNCCCCO)c1ccccc1. The van der Waals surface area contributed by atoms with Crippen molar-refractivity contribution in [3.05, 3.63) is 35.9 Å².